The Hall–Kier alpha value is -0.300. The zero-order valence-corrected chi connectivity index (χ0v) is 11.1. The quantitative estimate of drug-likeness (QED) is 0.443. The highest BCUT2D eigenvalue weighted by Gasteiger charge is 1.98. The maximum Gasteiger partial charge on any atom is 0.0139 e. The standard InChI is InChI=1S/C14H29N/c1-5-6-7-8-9-10-14(4)15-12-11-13(2)3/h11,14-15H,5-10,12H2,1-4H3. The van der Waals surface area contributed by atoms with Crippen molar-refractivity contribution >= 4 is 0 Å². The van der Waals surface area contributed by atoms with Crippen LogP contribution in [0.3, 0.4) is 0 Å². The fourth-order valence-corrected chi connectivity index (χ4v) is 1.62. The molecule has 0 aromatic heterocycles. The topological polar surface area (TPSA) is 12.0 Å². The van der Waals surface area contributed by atoms with Gasteiger partial charge in [-0.15, -0.1) is 0 Å². The zero-order chi connectivity index (χ0) is 11.5. The van der Waals surface area contributed by atoms with Crippen LogP contribution in [0.5, 0.6) is 0 Å². The second-order valence-electron chi connectivity index (χ2n) is 4.79. The fourth-order valence-electron chi connectivity index (χ4n) is 1.62. The highest BCUT2D eigenvalue weighted by molar-refractivity contribution is 4.94. The molecule has 0 aromatic carbocycles. The summed E-state index contributed by atoms with van der Waals surface area (Å²) in [6.07, 6.45) is 10.5. The number of unbranched alkanes of at least 4 members (excludes halogenated alkanes) is 4. The molecule has 1 unspecified atom stereocenters. The first-order chi connectivity index (χ1) is 7.16. The molecule has 0 amide bonds. The zero-order valence-electron chi connectivity index (χ0n) is 11.1. The summed E-state index contributed by atoms with van der Waals surface area (Å²) in [5.74, 6) is 0. The van der Waals surface area contributed by atoms with E-state index in [9.17, 15) is 0 Å². The van der Waals surface area contributed by atoms with Crippen LogP contribution in [-0.4, -0.2) is 12.6 Å². The first-order valence-corrected chi connectivity index (χ1v) is 6.53. The molecule has 0 saturated heterocycles. The minimum atomic E-state index is 0.669. The summed E-state index contributed by atoms with van der Waals surface area (Å²) in [7, 11) is 0. The third-order valence-electron chi connectivity index (χ3n) is 2.72. The minimum Gasteiger partial charge on any atom is -0.311 e. The number of allylic oxidation sites excluding steroid dienone is 1. The lowest BCUT2D eigenvalue weighted by atomic mass is 10.1. The van der Waals surface area contributed by atoms with Crippen LogP contribution >= 0.6 is 0 Å². The van der Waals surface area contributed by atoms with E-state index in [2.05, 4.69) is 39.1 Å². The van der Waals surface area contributed by atoms with Crippen LogP contribution in [0.15, 0.2) is 11.6 Å². The van der Waals surface area contributed by atoms with Gasteiger partial charge in [-0.05, 0) is 27.2 Å². The van der Waals surface area contributed by atoms with E-state index < -0.39 is 0 Å². The number of hydrogen-bond donors (Lipinski definition) is 1. The molecule has 0 aliphatic heterocycles. The second kappa shape index (κ2) is 10.2. The predicted octanol–water partition coefficient (Wildman–Crippen LogP) is 4.29. The van der Waals surface area contributed by atoms with Gasteiger partial charge in [-0.2, -0.15) is 0 Å². The van der Waals surface area contributed by atoms with Crippen molar-refractivity contribution in [2.45, 2.75) is 72.3 Å². The Morgan fingerprint density at radius 2 is 1.80 bits per heavy atom. The maximum absolute atomic E-state index is 3.53. The summed E-state index contributed by atoms with van der Waals surface area (Å²) >= 11 is 0. The van der Waals surface area contributed by atoms with Crippen LogP contribution in [-0.2, 0) is 0 Å². The minimum absolute atomic E-state index is 0.669. The molecule has 0 spiro atoms. The van der Waals surface area contributed by atoms with Gasteiger partial charge in [0.15, 0.2) is 0 Å². The maximum atomic E-state index is 3.53. The van der Waals surface area contributed by atoms with E-state index in [4.69, 9.17) is 0 Å². The lowest BCUT2D eigenvalue weighted by molar-refractivity contribution is 0.499. The second-order valence-corrected chi connectivity index (χ2v) is 4.79. The van der Waals surface area contributed by atoms with Crippen LogP contribution in [0.2, 0.25) is 0 Å². The molecule has 1 heteroatoms. The third kappa shape index (κ3) is 11.6. The molecule has 0 heterocycles. The summed E-state index contributed by atoms with van der Waals surface area (Å²) in [5.41, 5.74) is 1.40. The Labute approximate surface area is 96.3 Å². The van der Waals surface area contributed by atoms with Crippen molar-refractivity contribution in [1.29, 1.82) is 0 Å². The average Bonchev–Trinajstić information content (AvgIpc) is 2.17. The van der Waals surface area contributed by atoms with Crippen LogP contribution < -0.4 is 5.32 Å². The van der Waals surface area contributed by atoms with E-state index in [0.717, 1.165) is 6.54 Å². The predicted molar refractivity (Wildman–Crippen MR) is 70.3 cm³/mol. The Morgan fingerprint density at radius 1 is 1.13 bits per heavy atom. The van der Waals surface area contributed by atoms with Crippen molar-refractivity contribution in [3.05, 3.63) is 11.6 Å². The fraction of sp³-hybridized carbons (Fsp3) is 0.857. The van der Waals surface area contributed by atoms with Crippen LogP contribution in [0, 0.1) is 0 Å². The molecular formula is C14H29N. The molecule has 0 aliphatic rings. The molecular weight excluding hydrogens is 182 g/mol. The van der Waals surface area contributed by atoms with Gasteiger partial charge >= 0.3 is 0 Å². The average molecular weight is 211 g/mol. The summed E-state index contributed by atoms with van der Waals surface area (Å²) in [5, 5.41) is 3.53. The van der Waals surface area contributed by atoms with E-state index in [0.29, 0.717) is 6.04 Å². The summed E-state index contributed by atoms with van der Waals surface area (Å²) in [6, 6.07) is 0.669. The molecule has 0 bridgehead atoms. The Bertz CT molecular complexity index is 157. The molecule has 0 radical (unpaired) electrons. The first-order valence-electron chi connectivity index (χ1n) is 6.53. The van der Waals surface area contributed by atoms with Crippen LogP contribution in [0.4, 0.5) is 0 Å². The molecule has 90 valence electrons. The van der Waals surface area contributed by atoms with Gasteiger partial charge in [-0.25, -0.2) is 0 Å². The van der Waals surface area contributed by atoms with Crippen molar-refractivity contribution in [1.82, 2.24) is 5.32 Å². The van der Waals surface area contributed by atoms with Gasteiger partial charge in [-0.3, -0.25) is 0 Å². The SMILES string of the molecule is CCCCCCCC(C)NCC=C(C)C. The largest absolute Gasteiger partial charge is 0.311 e. The van der Waals surface area contributed by atoms with Crippen LogP contribution in [0.1, 0.15) is 66.2 Å². The Morgan fingerprint density at radius 3 is 2.40 bits per heavy atom. The van der Waals surface area contributed by atoms with Gasteiger partial charge in [0, 0.05) is 12.6 Å². The number of hydrogen-bond acceptors (Lipinski definition) is 1. The molecule has 1 N–H and O–H groups in total. The molecule has 0 saturated carbocycles. The first kappa shape index (κ1) is 14.7. The van der Waals surface area contributed by atoms with Crippen molar-refractivity contribution in [2.75, 3.05) is 6.54 Å². The molecule has 0 fully saturated rings. The van der Waals surface area contributed by atoms with E-state index in [1.54, 1.807) is 0 Å². The van der Waals surface area contributed by atoms with Crippen molar-refractivity contribution in [3.63, 3.8) is 0 Å². The lowest BCUT2D eigenvalue weighted by Gasteiger charge is -2.12. The highest BCUT2D eigenvalue weighted by atomic mass is 14.9. The van der Waals surface area contributed by atoms with E-state index in [1.165, 1.54) is 44.1 Å². The number of nitrogens with one attached hydrogen (secondary N) is 1. The monoisotopic (exact) mass is 211 g/mol. The summed E-state index contributed by atoms with van der Waals surface area (Å²) in [6.45, 7) is 9.88. The van der Waals surface area contributed by atoms with Gasteiger partial charge in [0.05, 0.1) is 0 Å². The third-order valence-corrected chi connectivity index (χ3v) is 2.72. The molecule has 0 aliphatic carbocycles. The van der Waals surface area contributed by atoms with Gasteiger partial charge in [0.2, 0.25) is 0 Å². The Balaban J connectivity index is 3.26. The van der Waals surface area contributed by atoms with Gasteiger partial charge in [0.1, 0.15) is 0 Å². The number of rotatable bonds is 9. The lowest BCUT2D eigenvalue weighted by Crippen LogP contribution is -2.25. The van der Waals surface area contributed by atoms with E-state index in [-0.39, 0.29) is 0 Å². The van der Waals surface area contributed by atoms with Crippen molar-refractivity contribution < 1.29 is 0 Å². The smallest absolute Gasteiger partial charge is 0.0139 e. The molecule has 1 atom stereocenters. The van der Waals surface area contributed by atoms with Gasteiger partial charge in [-0.1, -0.05) is 50.7 Å². The molecule has 0 aromatic rings. The molecule has 0 rings (SSSR count). The van der Waals surface area contributed by atoms with E-state index >= 15 is 0 Å². The van der Waals surface area contributed by atoms with Crippen LogP contribution in [0.25, 0.3) is 0 Å². The summed E-state index contributed by atoms with van der Waals surface area (Å²) < 4.78 is 0. The van der Waals surface area contributed by atoms with Gasteiger partial charge in [0.25, 0.3) is 0 Å². The van der Waals surface area contributed by atoms with Crippen molar-refractivity contribution in [2.24, 2.45) is 0 Å². The Kier molecular flexibility index (Phi) is 10.0. The molecule has 1 nitrogen and oxygen atoms in total. The summed E-state index contributed by atoms with van der Waals surface area (Å²) in [4.78, 5) is 0. The van der Waals surface area contributed by atoms with Gasteiger partial charge < -0.3 is 5.32 Å². The van der Waals surface area contributed by atoms with Crippen molar-refractivity contribution in [3.8, 4) is 0 Å². The highest BCUT2D eigenvalue weighted by Crippen LogP contribution is 2.06. The van der Waals surface area contributed by atoms with E-state index in [1.807, 2.05) is 0 Å². The molecule has 15 heavy (non-hydrogen) atoms. The normalized spacial score (nSPS) is 12.5.